The van der Waals surface area contributed by atoms with E-state index in [0.29, 0.717) is 16.8 Å². The zero-order valence-electron chi connectivity index (χ0n) is 18.1. The van der Waals surface area contributed by atoms with Crippen molar-refractivity contribution >= 4 is 38.7 Å². The second-order valence-corrected chi connectivity index (χ2v) is 9.64. The lowest BCUT2D eigenvalue weighted by Gasteiger charge is -2.27. The van der Waals surface area contributed by atoms with Crippen LogP contribution in [0.1, 0.15) is 62.9 Å². The third kappa shape index (κ3) is 4.70. The summed E-state index contributed by atoms with van der Waals surface area (Å²) in [6.07, 6.45) is 0.131. The van der Waals surface area contributed by atoms with Gasteiger partial charge >= 0.3 is 0 Å². The number of fused-ring (bicyclic) bond motifs is 1. The van der Waals surface area contributed by atoms with Gasteiger partial charge in [-0.15, -0.1) is 0 Å². The molecule has 1 atom stereocenters. The molecule has 1 aliphatic rings. The van der Waals surface area contributed by atoms with Gasteiger partial charge in [-0.25, -0.2) is 8.42 Å². The second-order valence-electron chi connectivity index (χ2n) is 7.96. The molecule has 0 amide bonds. The molecule has 0 aliphatic carbocycles. The molecule has 0 fully saturated rings. The van der Waals surface area contributed by atoms with Gasteiger partial charge < -0.3 is 5.32 Å². The van der Waals surface area contributed by atoms with Crippen LogP contribution in [0.15, 0.2) is 71.6 Å². The lowest BCUT2D eigenvalue weighted by molar-refractivity contribution is 0.0970. The molecule has 0 bridgehead atoms. The average molecular weight is 463 g/mol. The Morgan fingerprint density at radius 2 is 1.58 bits per heavy atom. The molecule has 8 heteroatoms. The zero-order chi connectivity index (χ0) is 23.8. The first kappa shape index (κ1) is 22.4. The Labute approximate surface area is 191 Å². The quantitative estimate of drug-likeness (QED) is 0.517. The maximum absolute atomic E-state index is 12.9. The molecule has 0 saturated heterocycles. The number of nitrogens with one attached hydrogen (secondary N) is 2. The number of Topliss-reactive ketones (excluding diaryl/α,β-unsaturated/α-hetero) is 3. The Hall–Kier alpha value is -3.78. The fourth-order valence-electron chi connectivity index (χ4n) is 3.77. The largest absolute Gasteiger partial charge is 0.377 e. The summed E-state index contributed by atoms with van der Waals surface area (Å²) in [5, 5.41) is 3.27. The van der Waals surface area contributed by atoms with Gasteiger partial charge in [-0.1, -0.05) is 30.3 Å². The third-order valence-corrected chi connectivity index (χ3v) is 6.92. The summed E-state index contributed by atoms with van der Waals surface area (Å²) >= 11 is 0. The standard InChI is InChI=1S/C25H22N2O5S/c1-15(28)17-5-3-7-19(11-17)24-14-25(30)22-13-21(9-10-23(22)26-24)33(31,32)27-20-8-4-6-18(12-20)16(2)29/h3-13,24,26-27H,14H2,1-2H3. The Bertz CT molecular complexity index is 1400. The predicted molar refractivity (Wildman–Crippen MR) is 125 cm³/mol. The number of hydrogen-bond donors (Lipinski definition) is 2. The first-order valence-corrected chi connectivity index (χ1v) is 11.8. The number of anilines is 2. The minimum atomic E-state index is -3.97. The highest BCUT2D eigenvalue weighted by Crippen LogP contribution is 2.34. The van der Waals surface area contributed by atoms with Crippen LogP contribution in [0.5, 0.6) is 0 Å². The Kier molecular flexibility index (Phi) is 5.86. The molecule has 3 aromatic rings. The second kappa shape index (κ2) is 8.63. The van der Waals surface area contributed by atoms with Crippen LogP contribution in [0.4, 0.5) is 11.4 Å². The maximum atomic E-state index is 12.9. The highest BCUT2D eigenvalue weighted by atomic mass is 32.2. The fraction of sp³-hybridized carbons (Fsp3) is 0.160. The van der Waals surface area contributed by atoms with E-state index < -0.39 is 10.0 Å². The van der Waals surface area contributed by atoms with Crippen molar-refractivity contribution in [1.82, 2.24) is 0 Å². The number of hydrogen-bond acceptors (Lipinski definition) is 6. The van der Waals surface area contributed by atoms with Crippen molar-refractivity contribution in [3.8, 4) is 0 Å². The fourth-order valence-corrected chi connectivity index (χ4v) is 4.85. The van der Waals surface area contributed by atoms with Crippen molar-refractivity contribution in [2.45, 2.75) is 31.2 Å². The normalized spacial score (nSPS) is 15.3. The molecule has 0 radical (unpaired) electrons. The van der Waals surface area contributed by atoms with Crippen LogP contribution in [0.2, 0.25) is 0 Å². The first-order valence-electron chi connectivity index (χ1n) is 10.3. The molecular weight excluding hydrogens is 440 g/mol. The molecule has 0 saturated carbocycles. The monoisotopic (exact) mass is 462 g/mol. The molecule has 33 heavy (non-hydrogen) atoms. The topological polar surface area (TPSA) is 109 Å². The molecule has 1 unspecified atom stereocenters. The van der Waals surface area contributed by atoms with Crippen molar-refractivity contribution < 1.29 is 22.8 Å². The number of benzene rings is 3. The lowest BCUT2D eigenvalue weighted by Crippen LogP contribution is -2.24. The van der Waals surface area contributed by atoms with Gasteiger partial charge in [-0.05, 0) is 55.8 Å². The summed E-state index contributed by atoms with van der Waals surface area (Å²) in [4.78, 5) is 36.1. The van der Waals surface area contributed by atoms with Crippen molar-refractivity contribution in [2.24, 2.45) is 0 Å². The molecular formula is C25H22N2O5S. The number of carbonyl (C=O) groups excluding carboxylic acids is 3. The SMILES string of the molecule is CC(=O)c1cccc(NS(=O)(=O)c2ccc3c(c2)C(=O)CC(c2cccc(C(C)=O)c2)N3)c1. The average Bonchev–Trinajstić information content (AvgIpc) is 2.78. The van der Waals surface area contributed by atoms with Gasteiger partial charge in [-0.3, -0.25) is 19.1 Å². The number of carbonyl (C=O) groups is 3. The highest BCUT2D eigenvalue weighted by Gasteiger charge is 2.28. The smallest absolute Gasteiger partial charge is 0.261 e. The van der Waals surface area contributed by atoms with E-state index in [2.05, 4.69) is 10.0 Å². The molecule has 4 rings (SSSR count). The Morgan fingerprint density at radius 3 is 2.27 bits per heavy atom. The van der Waals surface area contributed by atoms with E-state index >= 15 is 0 Å². The Balaban J connectivity index is 1.60. The van der Waals surface area contributed by atoms with E-state index in [0.717, 1.165) is 5.56 Å². The van der Waals surface area contributed by atoms with Crippen molar-refractivity contribution in [3.05, 3.63) is 89.0 Å². The van der Waals surface area contributed by atoms with Gasteiger partial charge in [0, 0.05) is 34.5 Å². The molecule has 0 aromatic heterocycles. The summed E-state index contributed by atoms with van der Waals surface area (Å²) in [7, 11) is -3.97. The number of ketones is 3. The van der Waals surface area contributed by atoms with E-state index in [1.165, 1.54) is 32.0 Å². The summed E-state index contributed by atoms with van der Waals surface area (Å²) < 4.78 is 28.3. The zero-order valence-corrected chi connectivity index (χ0v) is 18.9. The summed E-state index contributed by atoms with van der Waals surface area (Å²) in [6, 6.07) is 17.3. The molecule has 7 nitrogen and oxygen atoms in total. The van der Waals surface area contributed by atoms with Gasteiger partial charge in [0.15, 0.2) is 17.3 Å². The van der Waals surface area contributed by atoms with E-state index in [-0.39, 0.29) is 46.0 Å². The van der Waals surface area contributed by atoms with Crippen LogP contribution in [0, 0.1) is 0 Å². The van der Waals surface area contributed by atoms with E-state index in [1.54, 1.807) is 42.5 Å². The molecule has 0 spiro atoms. The summed E-state index contributed by atoms with van der Waals surface area (Å²) in [5.41, 5.74) is 2.84. The van der Waals surface area contributed by atoms with Crippen LogP contribution in [0.25, 0.3) is 0 Å². The molecule has 3 aromatic carbocycles. The third-order valence-electron chi connectivity index (χ3n) is 5.54. The van der Waals surface area contributed by atoms with Crippen LogP contribution in [-0.2, 0) is 10.0 Å². The molecule has 2 N–H and O–H groups in total. The van der Waals surface area contributed by atoms with Crippen LogP contribution in [-0.4, -0.2) is 25.8 Å². The van der Waals surface area contributed by atoms with E-state index in [1.807, 2.05) is 6.07 Å². The summed E-state index contributed by atoms with van der Waals surface area (Å²) in [6.45, 7) is 2.89. The van der Waals surface area contributed by atoms with Gasteiger partial charge in [0.1, 0.15) is 0 Å². The molecule has 1 heterocycles. The highest BCUT2D eigenvalue weighted by molar-refractivity contribution is 7.92. The molecule has 1 aliphatic heterocycles. The Morgan fingerprint density at radius 1 is 0.909 bits per heavy atom. The van der Waals surface area contributed by atoms with Gasteiger partial charge in [0.2, 0.25) is 0 Å². The van der Waals surface area contributed by atoms with Gasteiger partial charge in [0.25, 0.3) is 10.0 Å². The minimum absolute atomic E-state index is 0.0540. The van der Waals surface area contributed by atoms with E-state index in [9.17, 15) is 22.8 Å². The van der Waals surface area contributed by atoms with Crippen LogP contribution >= 0.6 is 0 Å². The van der Waals surface area contributed by atoms with Crippen LogP contribution in [0.3, 0.4) is 0 Å². The first-order chi connectivity index (χ1) is 15.6. The minimum Gasteiger partial charge on any atom is -0.377 e. The maximum Gasteiger partial charge on any atom is 0.261 e. The van der Waals surface area contributed by atoms with E-state index in [4.69, 9.17) is 0 Å². The number of rotatable bonds is 6. The van der Waals surface area contributed by atoms with Crippen LogP contribution < -0.4 is 10.0 Å². The van der Waals surface area contributed by atoms with Crippen molar-refractivity contribution in [3.63, 3.8) is 0 Å². The van der Waals surface area contributed by atoms with Gasteiger partial charge in [0.05, 0.1) is 10.9 Å². The van der Waals surface area contributed by atoms with Gasteiger partial charge in [-0.2, -0.15) is 0 Å². The summed E-state index contributed by atoms with van der Waals surface area (Å²) in [5.74, 6) is -0.432. The number of sulfonamides is 1. The van der Waals surface area contributed by atoms with Crippen molar-refractivity contribution in [2.75, 3.05) is 10.0 Å². The van der Waals surface area contributed by atoms with Crippen molar-refractivity contribution in [1.29, 1.82) is 0 Å². The predicted octanol–water partition coefficient (Wildman–Crippen LogP) is 4.63. The lowest BCUT2D eigenvalue weighted by atomic mass is 9.91. The molecule has 168 valence electrons.